The van der Waals surface area contributed by atoms with Gasteiger partial charge in [0.2, 0.25) is 35.1 Å². The standard InChI is InChI=1S/C29H29F4N3O6S.C25H21F4N3O6S/c1-29(2,3)42-22(38)13-19(20(37)14-41-26-23(32)17(30)12-18(31)24(26)33)34-27(39)15-8-10-36(11-9-15)28(40)25-16-6-4-5-7-21(16)43-35-25;26-14-9-15(27)21(29)23(20(14)28)38-11-17(33)16(10-19(34)35)30-24(36)12-5-7-32(8-6-12)25(37)22-13-3-1-2-4-18(13)39-31-22/h4-7,12,15,19H,8-11,13-14H2,1-3H3,(H,34,39);1-4,9,12,16H,5-8,10-11H2,(H,30,36)(H,34,35)/t19-;16-/m00/s1. The van der Waals surface area contributed by atoms with Crippen LogP contribution in [-0.4, -0.2) is 128 Å². The maximum atomic E-state index is 14.0. The third kappa shape index (κ3) is 15.0. The Balaban J connectivity index is 0.000000237. The van der Waals surface area contributed by atoms with E-state index in [4.69, 9.17) is 14.6 Å². The number of fused-ring (bicyclic) bond motifs is 2. The molecule has 82 heavy (non-hydrogen) atoms. The van der Waals surface area contributed by atoms with Crippen LogP contribution in [0.2, 0.25) is 0 Å². The molecule has 18 nitrogen and oxygen atoms in total. The van der Waals surface area contributed by atoms with Crippen LogP contribution >= 0.6 is 23.1 Å². The molecule has 0 bridgehead atoms. The summed E-state index contributed by atoms with van der Waals surface area (Å²) in [7, 11) is 0. The number of carbonyl (C=O) groups excluding carboxylic acids is 7. The van der Waals surface area contributed by atoms with E-state index in [9.17, 15) is 73.5 Å². The zero-order valence-electron chi connectivity index (χ0n) is 43.6. The minimum atomic E-state index is -1.87. The second-order valence-electron chi connectivity index (χ2n) is 19.8. The summed E-state index contributed by atoms with van der Waals surface area (Å²) in [6.07, 6.45) is -0.552. The number of carboxylic acid groups (broad SMARTS) is 1. The number of rotatable bonds is 18. The van der Waals surface area contributed by atoms with Crippen LogP contribution in [0.5, 0.6) is 11.5 Å². The van der Waals surface area contributed by atoms with Gasteiger partial charge in [-0.1, -0.05) is 36.4 Å². The molecule has 2 aliphatic rings. The molecule has 2 aromatic heterocycles. The molecule has 0 unspecified atom stereocenters. The second kappa shape index (κ2) is 26.6. The number of halogens is 8. The predicted molar refractivity (Wildman–Crippen MR) is 277 cm³/mol. The first-order valence-corrected chi connectivity index (χ1v) is 26.6. The van der Waals surface area contributed by atoms with E-state index in [-0.39, 0.29) is 75.8 Å². The highest BCUT2D eigenvalue weighted by Gasteiger charge is 2.36. The lowest BCUT2D eigenvalue weighted by Crippen LogP contribution is -2.49. The van der Waals surface area contributed by atoms with Crippen LogP contribution in [0.4, 0.5) is 35.1 Å². The number of nitrogens with one attached hydrogen (secondary N) is 2. The fourth-order valence-electron chi connectivity index (χ4n) is 8.71. The molecular weight excluding hydrogens is 1140 g/mol. The molecular formula is C54H50F8N6O12S2. The number of carbonyl (C=O) groups is 8. The Kier molecular flexibility index (Phi) is 20.0. The molecule has 2 atom stereocenters. The van der Waals surface area contributed by atoms with Crippen molar-refractivity contribution in [1.29, 1.82) is 0 Å². The summed E-state index contributed by atoms with van der Waals surface area (Å²) >= 11 is 2.42. The Hall–Kier alpha value is -8.14. The normalized spacial score (nSPS) is 14.8. The number of ether oxygens (including phenoxy) is 3. The van der Waals surface area contributed by atoms with Crippen molar-refractivity contribution in [3.63, 3.8) is 0 Å². The van der Waals surface area contributed by atoms with E-state index >= 15 is 0 Å². The number of hydrogen-bond acceptors (Lipinski definition) is 15. The van der Waals surface area contributed by atoms with Gasteiger partial charge >= 0.3 is 11.9 Å². The first kappa shape index (κ1) is 61.5. The number of hydrogen-bond donors (Lipinski definition) is 3. The monoisotopic (exact) mass is 1190 g/mol. The van der Waals surface area contributed by atoms with Gasteiger partial charge in [0, 0.05) is 60.9 Å². The maximum Gasteiger partial charge on any atom is 0.308 e. The number of aliphatic carboxylic acids is 1. The maximum absolute atomic E-state index is 14.0. The summed E-state index contributed by atoms with van der Waals surface area (Å²) in [4.78, 5) is 104. The van der Waals surface area contributed by atoms with E-state index in [0.29, 0.717) is 11.4 Å². The minimum absolute atomic E-state index is 0.0111. The summed E-state index contributed by atoms with van der Waals surface area (Å²) in [5.41, 5.74) is -0.271. The second-order valence-corrected chi connectivity index (χ2v) is 21.4. The van der Waals surface area contributed by atoms with Gasteiger partial charge in [0.05, 0.1) is 22.2 Å². The molecule has 8 rings (SSSR count). The third-order valence-electron chi connectivity index (χ3n) is 12.9. The number of piperidine rings is 2. The van der Waals surface area contributed by atoms with Gasteiger partial charge in [0.15, 0.2) is 46.3 Å². The van der Waals surface area contributed by atoms with Crippen molar-refractivity contribution in [1.82, 2.24) is 29.2 Å². The number of aromatic nitrogens is 2. The molecule has 0 aliphatic carbocycles. The lowest BCUT2D eigenvalue weighted by Gasteiger charge is -2.32. The van der Waals surface area contributed by atoms with E-state index in [1.54, 1.807) is 42.7 Å². The van der Waals surface area contributed by atoms with E-state index in [2.05, 4.69) is 24.1 Å². The molecule has 2 fully saturated rings. The SMILES string of the molecule is CC(C)(C)OC(=O)C[C@H](NC(=O)C1CCN(C(=O)c2nsc3ccccc23)CC1)C(=O)COc1c(F)c(F)cc(F)c1F.O=C(O)C[C@H](NC(=O)C1CCN(C(=O)c2nsc3ccccc23)CC1)C(=O)COc1c(F)c(F)cc(F)c1F. The van der Waals surface area contributed by atoms with Crippen molar-refractivity contribution in [2.45, 2.75) is 77.0 Å². The van der Waals surface area contributed by atoms with Crippen LogP contribution in [0.1, 0.15) is 80.3 Å². The number of nitrogens with zero attached hydrogens (tertiary/aromatic N) is 4. The highest BCUT2D eigenvalue weighted by atomic mass is 32.1. The highest BCUT2D eigenvalue weighted by molar-refractivity contribution is 7.13. The Labute approximate surface area is 469 Å². The molecule has 2 saturated heterocycles. The van der Waals surface area contributed by atoms with Crippen molar-refractivity contribution in [3.05, 3.63) is 119 Å². The Bertz CT molecular complexity index is 3380. The van der Waals surface area contributed by atoms with Gasteiger partial charge in [-0.2, -0.15) is 26.3 Å². The van der Waals surface area contributed by atoms with Gasteiger partial charge in [0.1, 0.15) is 42.3 Å². The van der Waals surface area contributed by atoms with E-state index < -0.39 is 149 Å². The average Bonchev–Trinajstić information content (AvgIpc) is 4.24. The predicted octanol–water partition coefficient (Wildman–Crippen LogP) is 7.88. The number of Topliss-reactive ketones (excluding diaryl/α,β-unsaturated/α-hetero) is 2. The third-order valence-corrected chi connectivity index (χ3v) is 14.6. The van der Waals surface area contributed by atoms with Gasteiger partial charge in [0.25, 0.3) is 11.8 Å². The molecule has 436 valence electrons. The largest absolute Gasteiger partial charge is 0.481 e. The lowest BCUT2D eigenvalue weighted by atomic mass is 9.94. The van der Waals surface area contributed by atoms with Crippen molar-refractivity contribution in [2.24, 2.45) is 11.8 Å². The Morgan fingerprint density at radius 3 is 1.29 bits per heavy atom. The fraction of sp³-hybridized carbons (Fsp3) is 0.370. The van der Waals surface area contributed by atoms with Crippen LogP contribution in [0, 0.1) is 58.4 Å². The summed E-state index contributed by atoms with van der Waals surface area (Å²) < 4.78 is 134. The lowest BCUT2D eigenvalue weighted by molar-refractivity contribution is -0.156. The van der Waals surface area contributed by atoms with Crippen molar-refractivity contribution in [3.8, 4) is 11.5 Å². The molecule has 0 radical (unpaired) electrons. The number of ketones is 2. The van der Waals surface area contributed by atoms with Gasteiger partial charge in [-0.3, -0.25) is 38.4 Å². The van der Waals surface area contributed by atoms with Gasteiger partial charge in [-0.15, -0.1) is 0 Å². The topological polar surface area (TPSA) is 241 Å². The molecule has 4 aromatic carbocycles. The van der Waals surface area contributed by atoms with Crippen molar-refractivity contribution < 1.29 is 92.8 Å². The summed E-state index contributed by atoms with van der Waals surface area (Å²) in [6.45, 7) is 3.41. The highest BCUT2D eigenvalue weighted by Crippen LogP contribution is 2.31. The summed E-state index contributed by atoms with van der Waals surface area (Å²) in [5, 5.41) is 15.4. The quantitative estimate of drug-likeness (QED) is 0.0422. The molecule has 3 N–H and O–H groups in total. The zero-order valence-corrected chi connectivity index (χ0v) is 45.3. The van der Waals surface area contributed by atoms with Crippen LogP contribution in [0.3, 0.4) is 0 Å². The zero-order chi connectivity index (χ0) is 59.7. The van der Waals surface area contributed by atoms with Crippen molar-refractivity contribution in [2.75, 3.05) is 39.4 Å². The Morgan fingerprint density at radius 2 is 0.939 bits per heavy atom. The average molecular weight is 1190 g/mol. The molecule has 2 aliphatic heterocycles. The summed E-state index contributed by atoms with van der Waals surface area (Å²) in [5.74, 6) is -24.8. The first-order valence-electron chi connectivity index (χ1n) is 25.1. The molecule has 28 heteroatoms. The fourth-order valence-corrected chi connectivity index (χ4v) is 10.2. The molecule has 0 spiro atoms. The minimum Gasteiger partial charge on any atom is -0.481 e. The first-order chi connectivity index (χ1) is 38.8. The van der Waals surface area contributed by atoms with E-state index in [1.165, 1.54) is 23.1 Å². The Morgan fingerprint density at radius 1 is 0.585 bits per heavy atom. The van der Waals surface area contributed by atoms with Crippen LogP contribution in [-0.2, 0) is 33.5 Å². The van der Waals surface area contributed by atoms with Gasteiger partial charge < -0.3 is 39.8 Å². The molecule has 4 heterocycles. The van der Waals surface area contributed by atoms with Gasteiger partial charge in [-0.25, -0.2) is 17.6 Å². The molecule has 4 amide bonds. The molecule has 6 aromatic rings. The number of likely N-dealkylation sites (tertiary alicyclic amines) is 2. The van der Waals surface area contributed by atoms with Gasteiger partial charge in [-0.05, 0) is 81.7 Å². The number of benzene rings is 4. The molecule has 0 saturated carbocycles. The van der Waals surface area contributed by atoms with Crippen molar-refractivity contribution >= 4 is 90.4 Å². The van der Waals surface area contributed by atoms with Crippen LogP contribution in [0.15, 0.2) is 60.7 Å². The summed E-state index contributed by atoms with van der Waals surface area (Å²) in [6, 6.07) is 11.4. The smallest absolute Gasteiger partial charge is 0.308 e. The number of esters is 1. The van der Waals surface area contributed by atoms with E-state index in [0.717, 1.165) is 20.2 Å². The number of amides is 4. The van der Waals surface area contributed by atoms with Crippen LogP contribution in [0.25, 0.3) is 20.2 Å². The van der Waals surface area contributed by atoms with E-state index in [1.807, 2.05) is 36.4 Å². The van der Waals surface area contributed by atoms with Crippen LogP contribution < -0.4 is 20.1 Å². The number of carboxylic acids is 1.